The van der Waals surface area contributed by atoms with E-state index in [-0.39, 0.29) is 18.0 Å². The number of carbonyl (C=O) groups excluding carboxylic acids is 2. The molecule has 1 atom stereocenters. The molecule has 0 bridgehead atoms. The molecule has 0 aliphatic rings. The highest BCUT2D eigenvalue weighted by molar-refractivity contribution is 6.00. The Kier molecular flexibility index (Phi) is 5.68. The Morgan fingerprint density at radius 3 is 2.61 bits per heavy atom. The summed E-state index contributed by atoms with van der Waals surface area (Å²) in [5.41, 5.74) is 6.85. The number of esters is 1. The number of nitrogens with zero attached hydrogens (tertiary/aromatic N) is 1. The van der Waals surface area contributed by atoms with Gasteiger partial charge in [-0.25, -0.2) is 9.78 Å². The average Bonchev–Trinajstić information content (AvgIpc) is 2.55. The first-order valence-electron chi connectivity index (χ1n) is 7.33. The summed E-state index contributed by atoms with van der Waals surface area (Å²) >= 11 is 0. The van der Waals surface area contributed by atoms with Gasteiger partial charge in [-0.2, -0.15) is 0 Å². The predicted octanol–water partition coefficient (Wildman–Crippen LogP) is 1.57. The number of nitrogens with two attached hydrogens (primary N) is 1. The molecule has 2 rings (SSSR count). The third-order valence-corrected chi connectivity index (χ3v) is 3.24. The molecule has 0 spiro atoms. The zero-order chi connectivity index (χ0) is 16.7. The predicted molar refractivity (Wildman–Crippen MR) is 86.7 cm³/mol. The number of aromatic nitrogens is 1. The van der Waals surface area contributed by atoms with Gasteiger partial charge in [0, 0.05) is 12.6 Å². The fourth-order valence-electron chi connectivity index (χ4n) is 2.13. The second-order valence-corrected chi connectivity index (χ2v) is 4.90. The van der Waals surface area contributed by atoms with E-state index in [0.717, 1.165) is 5.56 Å². The summed E-state index contributed by atoms with van der Waals surface area (Å²) in [7, 11) is 0. The van der Waals surface area contributed by atoms with Gasteiger partial charge >= 0.3 is 5.97 Å². The van der Waals surface area contributed by atoms with Gasteiger partial charge in [-0.3, -0.25) is 4.79 Å². The molecule has 6 nitrogen and oxygen atoms in total. The summed E-state index contributed by atoms with van der Waals surface area (Å²) in [4.78, 5) is 28.3. The summed E-state index contributed by atoms with van der Waals surface area (Å²) in [5.74, 6) is -0.816. The quantitative estimate of drug-likeness (QED) is 0.789. The van der Waals surface area contributed by atoms with Gasteiger partial charge in [0.1, 0.15) is 11.9 Å². The van der Waals surface area contributed by atoms with Crippen LogP contribution in [0.5, 0.6) is 0 Å². The van der Waals surface area contributed by atoms with Crippen molar-refractivity contribution in [1.82, 2.24) is 10.3 Å². The van der Waals surface area contributed by atoms with E-state index in [1.54, 1.807) is 19.1 Å². The third kappa shape index (κ3) is 4.54. The zero-order valence-electron chi connectivity index (χ0n) is 12.9. The van der Waals surface area contributed by atoms with Crippen molar-refractivity contribution in [3.05, 3.63) is 59.8 Å². The molecule has 0 saturated carbocycles. The average molecular weight is 313 g/mol. The summed E-state index contributed by atoms with van der Waals surface area (Å²) in [6.07, 6.45) is 1.84. The minimum absolute atomic E-state index is 0.118. The van der Waals surface area contributed by atoms with Crippen molar-refractivity contribution in [3.63, 3.8) is 0 Å². The lowest BCUT2D eigenvalue weighted by atomic mass is 10.1. The van der Waals surface area contributed by atoms with Crippen molar-refractivity contribution >= 4 is 17.7 Å². The molecular weight excluding hydrogens is 294 g/mol. The smallest absolute Gasteiger partial charge is 0.328 e. The van der Waals surface area contributed by atoms with Crippen molar-refractivity contribution in [2.75, 3.05) is 12.3 Å². The van der Waals surface area contributed by atoms with Gasteiger partial charge < -0.3 is 15.8 Å². The number of anilines is 1. The first-order valence-corrected chi connectivity index (χ1v) is 7.33. The number of pyridine rings is 1. The number of rotatable bonds is 6. The van der Waals surface area contributed by atoms with Crippen LogP contribution in [-0.2, 0) is 16.0 Å². The SMILES string of the molecule is CCOC(=O)[C@@H](Cc1ccccc1)NC(=O)c1cccnc1N. The summed E-state index contributed by atoms with van der Waals surface area (Å²) in [6.45, 7) is 1.97. The minimum Gasteiger partial charge on any atom is -0.464 e. The van der Waals surface area contributed by atoms with Crippen LogP contribution in [0.2, 0.25) is 0 Å². The van der Waals surface area contributed by atoms with Gasteiger partial charge in [-0.05, 0) is 24.6 Å². The number of carbonyl (C=O) groups is 2. The van der Waals surface area contributed by atoms with E-state index in [4.69, 9.17) is 10.5 Å². The van der Waals surface area contributed by atoms with Crippen LogP contribution >= 0.6 is 0 Å². The highest BCUT2D eigenvalue weighted by atomic mass is 16.5. The van der Waals surface area contributed by atoms with E-state index >= 15 is 0 Å². The van der Waals surface area contributed by atoms with Gasteiger partial charge in [0.05, 0.1) is 12.2 Å². The lowest BCUT2D eigenvalue weighted by Gasteiger charge is -2.17. The Bertz CT molecular complexity index is 674. The molecule has 2 aromatic rings. The molecule has 0 fully saturated rings. The van der Waals surface area contributed by atoms with Gasteiger partial charge in [-0.1, -0.05) is 30.3 Å². The van der Waals surface area contributed by atoms with Gasteiger partial charge in [-0.15, -0.1) is 0 Å². The molecule has 1 heterocycles. The molecular formula is C17H19N3O3. The minimum atomic E-state index is -0.788. The Balaban J connectivity index is 2.15. The van der Waals surface area contributed by atoms with Crippen molar-refractivity contribution in [2.24, 2.45) is 0 Å². The molecule has 6 heteroatoms. The number of amides is 1. The van der Waals surface area contributed by atoms with Crippen LogP contribution in [0.1, 0.15) is 22.8 Å². The van der Waals surface area contributed by atoms with E-state index < -0.39 is 17.9 Å². The largest absolute Gasteiger partial charge is 0.464 e. The summed E-state index contributed by atoms with van der Waals surface area (Å²) in [5, 5.41) is 2.67. The Morgan fingerprint density at radius 2 is 1.96 bits per heavy atom. The van der Waals surface area contributed by atoms with Crippen LogP contribution < -0.4 is 11.1 Å². The van der Waals surface area contributed by atoms with E-state index in [2.05, 4.69) is 10.3 Å². The highest BCUT2D eigenvalue weighted by Gasteiger charge is 2.24. The van der Waals surface area contributed by atoms with Crippen LogP contribution in [0.4, 0.5) is 5.82 Å². The summed E-state index contributed by atoms with van der Waals surface area (Å²) in [6, 6.07) is 11.8. The molecule has 0 saturated heterocycles. The molecule has 0 radical (unpaired) electrons. The number of nitrogen functional groups attached to an aromatic ring is 1. The molecule has 0 unspecified atom stereocenters. The Morgan fingerprint density at radius 1 is 1.22 bits per heavy atom. The Labute approximate surface area is 134 Å². The number of benzene rings is 1. The van der Waals surface area contributed by atoms with Crippen molar-refractivity contribution in [1.29, 1.82) is 0 Å². The zero-order valence-corrected chi connectivity index (χ0v) is 12.9. The normalized spacial score (nSPS) is 11.5. The van der Waals surface area contributed by atoms with Crippen molar-refractivity contribution < 1.29 is 14.3 Å². The monoisotopic (exact) mass is 313 g/mol. The van der Waals surface area contributed by atoms with Crippen molar-refractivity contribution in [2.45, 2.75) is 19.4 Å². The van der Waals surface area contributed by atoms with Crippen molar-refractivity contribution in [3.8, 4) is 0 Å². The Hall–Kier alpha value is -2.89. The van der Waals surface area contributed by atoms with E-state index in [0.29, 0.717) is 6.42 Å². The molecule has 0 aliphatic carbocycles. The van der Waals surface area contributed by atoms with E-state index in [1.165, 1.54) is 6.20 Å². The molecule has 120 valence electrons. The second-order valence-electron chi connectivity index (χ2n) is 4.90. The first-order chi connectivity index (χ1) is 11.1. The number of hydrogen-bond donors (Lipinski definition) is 2. The van der Waals surface area contributed by atoms with E-state index in [9.17, 15) is 9.59 Å². The number of nitrogens with one attached hydrogen (secondary N) is 1. The fourth-order valence-corrected chi connectivity index (χ4v) is 2.13. The van der Waals surface area contributed by atoms with Crippen LogP contribution in [-0.4, -0.2) is 29.5 Å². The summed E-state index contributed by atoms with van der Waals surface area (Å²) < 4.78 is 5.04. The molecule has 0 aliphatic heterocycles. The maximum atomic E-state index is 12.3. The van der Waals surface area contributed by atoms with Crippen LogP contribution in [0.15, 0.2) is 48.7 Å². The highest BCUT2D eigenvalue weighted by Crippen LogP contribution is 2.09. The fraction of sp³-hybridized carbons (Fsp3) is 0.235. The van der Waals surface area contributed by atoms with Gasteiger partial charge in [0.25, 0.3) is 5.91 Å². The molecule has 1 aromatic carbocycles. The molecule has 1 aromatic heterocycles. The van der Waals surface area contributed by atoms with Crippen LogP contribution in [0, 0.1) is 0 Å². The van der Waals surface area contributed by atoms with Crippen LogP contribution in [0.3, 0.4) is 0 Å². The van der Waals surface area contributed by atoms with Gasteiger partial charge in [0.2, 0.25) is 0 Å². The lowest BCUT2D eigenvalue weighted by Crippen LogP contribution is -2.43. The maximum Gasteiger partial charge on any atom is 0.328 e. The van der Waals surface area contributed by atoms with Gasteiger partial charge in [0.15, 0.2) is 0 Å². The number of hydrogen-bond acceptors (Lipinski definition) is 5. The lowest BCUT2D eigenvalue weighted by molar-refractivity contribution is -0.145. The standard InChI is InChI=1S/C17H19N3O3/c1-2-23-17(22)14(11-12-7-4-3-5-8-12)20-16(21)13-9-6-10-19-15(13)18/h3-10,14H,2,11H2,1H3,(H2,18,19)(H,20,21)/t14-/m1/s1. The van der Waals surface area contributed by atoms with Crippen LogP contribution in [0.25, 0.3) is 0 Å². The molecule has 1 amide bonds. The molecule has 23 heavy (non-hydrogen) atoms. The topological polar surface area (TPSA) is 94.3 Å². The number of ether oxygens (including phenoxy) is 1. The third-order valence-electron chi connectivity index (χ3n) is 3.24. The molecule has 3 N–H and O–H groups in total. The first kappa shape index (κ1) is 16.5. The van der Waals surface area contributed by atoms with E-state index in [1.807, 2.05) is 30.3 Å². The maximum absolute atomic E-state index is 12.3. The second kappa shape index (κ2) is 7.93.